The third-order valence-electron chi connectivity index (χ3n) is 4.29. The first-order valence-corrected chi connectivity index (χ1v) is 8.95. The Hall–Kier alpha value is -3.17. The van der Waals surface area contributed by atoms with Crippen molar-refractivity contribution in [3.8, 4) is 11.3 Å². The van der Waals surface area contributed by atoms with E-state index in [1.54, 1.807) is 18.2 Å². The smallest absolute Gasteiger partial charge is 0.339 e. The summed E-state index contributed by atoms with van der Waals surface area (Å²) in [6, 6.07) is 26.4. The van der Waals surface area contributed by atoms with E-state index < -0.39 is 0 Å². The molecule has 1 heterocycles. The Labute approximate surface area is 162 Å². The average Bonchev–Trinajstić information content (AvgIpc) is 2.72. The third-order valence-corrected chi connectivity index (χ3v) is 4.54. The van der Waals surface area contributed by atoms with Crippen molar-refractivity contribution in [3.05, 3.63) is 101 Å². The number of rotatable bonds is 4. The minimum absolute atomic E-state index is 0.229. The molecular weight excluding hydrogens is 358 g/mol. The van der Waals surface area contributed by atoms with Gasteiger partial charge in [-0.25, -0.2) is 9.78 Å². The molecule has 0 atom stereocenters. The van der Waals surface area contributed by atoms with E-state index in [1.807, 2.05) is 66.7 Å². The van der Waals surface area contributed by atoms with Gasteiger partial charge in [0.1, 0.15) is 6.61 Å². The van der Waals surface area contributed by atoms with Crippen molar-refractivity contribution in [2.45, 2.75) is 6.61 Å². The summed E-state index contributed by atoms with van der Waals surface area (Å²) in [6.45, 7) is 0.229. The minimum atomic E-state index is -0.368. The van der Waals surface area contributed by atoms with Crippen LogP contribution in [0.5, 0.6) is 0 Å². The van der Waals surface area contributed by atoms with Gasteiger partial charge in [-0.1, -0.05) is 72.3 Å². The van der Waals surface area contributed by atoms with E-state index in [0.29, 0.717) is 16.3 Å². The molecule has 3 nitrogen and oxygen atoms in total. The van der Waals surface area contributed by atoms with Crippen molar-refractivity contribution >= 4 is 28.5 Å². The zero-order valence-corrected chi connectivity index (χ0v) is 15.2. The van der Waals surface area contributed by atoms with E-state index in [2.05, 4.69) is 4.98 Å². The second kappa shape index (κ2) is 7.60. The van der Waals surface area contributed by atoms with Crippen molar-refractivity contribution in [3.63, 3.8) is 0 Å². The summed E-state index contributed by atoms with van der Waals surface area (Å²) in [5.74, 6) is -0.368. The van der Waals surface area contributed by atoms with Crippen molar-refractivity contribution < 1.29 is 9.53 Å². The van der Waals surface area contributed by atoms with Crippen LogP contribution in [0.15, 0.2) is 84.9 Å². The first-order chi connectivity index (χ1) is 13.2. The summed E-state index contributed by atoms with van der Waals surface area (Å²) in [6.07, 6.45) is 0. The number of ether oxygens (including phenoxy) is 1. The molecule has 27 heavy (non-hydrogen) atoms. The third kappa shape index (κ3) is 3.83. The van der Waals surface area contributed by atoms with Gasteiger partial charge in [-0.3, -0.25) is 0 Å². The molecule has 0 saturated heterocycles. The molecule has 1 aromatic heterocycles. The number of aromatic nitrogens is 1. The summed E-state index contributed by atoms with van der Waals surface area (Å²) in [5, 5.41) is 1.43. The molecule has 4 aromatic rings. The predicted octanol–water partition coefficient (Wildman–Crippen LogP) is 5.91. The monoisotopic (exact) mass is 373 g/mol. The fraction of sp³-hybridized carbons (Fsp3) is 0.0435. The molecule has 0 aliphatic heterocycles. The molecule has 4 rings (SSSR count). The van der Waals surface area contributed by atoms with E-state index >= 15 is 0 Å². The first kappa shape index (κ1) is 17.3. The zero-order chi connectivity index (χ0) is 18.6. The lowest BCUT2D eigenvalue weighted by Crippen LogP contribution is -2.07. The van der Waals surface area contributed by atoms with Crippen molar-refractivity contribution in [1.82, 2.24) is 4.98 Å². The summed E-state index contributed by atoms with van der Waals surface area (Å²) >= 11 is 5.98. The van der Waals surface area contributed by atoms with Gasteiger partial charge in [0.15, 0.2) is 0 Å². The Morgan fingerprint density at radius 3 is 2.37 bits per heavy atom. The number of hydrogen-bond donors (Lipinski definition) is 0. The molecule has 0 fully saturated rings. The second-order valence-corrected chi connectivity index (χ2v) is 6.58. The van der Waals surface area contributed by atoms with Crippen LogP contribution in [-0.2, 0) is 11.3 Å². The van der Waals surface area contributed by atoms with Crippen LogP contribution in [0.4, 0.5) is 0 Å². The van der Waals surface area contributed by atoms with Crippen LogP contribution in [0.2, 0.25) is 5.02 Å². The number of benzene rings is 3. The van der Waals surface area contributed by atoms with Gasteiger partial charge < -0.3 is 4.74 Å². The molecule has 0 radical (unpaired) electrons. The van der Waals surface area contributed by atoms with Crippen LogP contribution in [0, 0.1) is 0 Å². The number of halogens is 1. The number of carbonyl (C=O) groups excluding carboxylic acids is 1. The van der Waals surface area contributed by atoms with Gasteiger partial charge in [-0.2, -0.15) is 0 Å². The molecule has 0 aliphatic rings. The molecule has 0 spiro atoms. The standard InChI is InChI=1S/C23H16ClNO2/c24-18-12-10-17(11-13-18)22-14-20(19-8-4-5-9-21(19)25-22)23(26)27-15-16-6-2-1-3-7-16/h1-14H,15H2. The van der Waals surface area contributed by atoms with Gasteiger partial charge >= 0.3 is 5.97 Å². The normalized spacial score (nSPS) is 10.7. The molecule has 3 aromatic carbocycles. The van der Waals surface area contributed by atoms with Gasteiger partial charge in [0.2, 0.25) is 0 Å². The number of nitrogens with zero attached hydrogens (tertiary/aromatic N) is 1. The number of carbonyl (C=O) groups is 1. The SMILES string of the molecule is O=C(OCc1ccccc1)c1cc(-c2ccc(Cl)cc2)nc2ccccc12. The van der Waals surface area contributed by atoms with E-state index in [9.17, 15) is 4.79 Å². The largest absolute Gasteiger partial charge is 0.457 e. The lowest BCUT2D eigenvalue weighted by atomic mass is 10.0. The second-order valence-electron chi connectivity index (χ2n) is 6.14. The maximum Gasteiger partial charge on any atom is 0.339 e. The summed E-state index contributed by atoms with van der Waals surface area (Å²) in [4.78, 5) is 17.5. The van der Waals surface area contributed by atoms with Gasteiger partial charge in [0.25, 0.3) is 0 Å². The maximum absolute atomic E-state index is 12.8. The van der Waals surface area contributed by atoms with Gasteiger partial charge in [-0.05, 0) is 29.8 Å². The Morgan fingerprint density at radius 1 is 0.889 bits per heavy atom. The van der Waals surface area contributed by atoms with E-state index in [-0.39, 0.29) is 12.6 Å². The number of pyridine rings is 1. The summed E-state index contributed by atoms with van der Waals surface area (Å²) in [7, 11) is 0. The molecule has 0 amide bonds. The summed E-state index contributed by atoms with van der Waals surface area (Å²) in [5.41, 5.74) is 3.79. The van der Waals surface area contributed by atoms with E-state index in [4.69, 9.17) is 16.3 Å². The Morgan fingerprint density at radius 2 is 1.59 bits per heavy atom. The van der Waals surface area contributed by atoms with Gasteiger partial charge in [0.05, 0.1) is 16.8 Å². The fourth-order valence-electron chi connectivity index (χ4n) is 2.91. The van der Waals surface area contributed by atoms with Crippen LogP contribution in [-0.4, -0.2) is 11.0 Å². The fourth-order valence-corrected chi connectivity index (χ4v) is 3.04. The predicted molar refractivity (Wildman–Crippen MR) is 108 cm³/mol. The van der Waals surface area contributed by atoms with Crippen LogP contribution in [0.25, 0.3) is 22.2 Å². The molecule has 0 unspecified atom stereocenters. The van der Waals surface area contributed by atoms with Crippen molar-refractivity contribution in [1.29, 1.82) is 0 Å². The van der Waals surface area contributed by atoms with Crippen LogP contribution < -0.4 is 0 Å². The van der Waals surface area contributed by atoms with Crippen molar-refractivity contribution in [2.24, 2.45) is 0 Å². The first-order valence-electron chi connectivity index (χ1n) is 8.57. The Balaban J connectivity index is 1.72. The molecule has 0 aliphatic carbocycles. The Kier molecular flexibility index (Phi) is 4.86. The van der Waals surface area contributed by atoms with Crippen LogP contribution >= 0.6 is 11.6 Å². The highest BCUT2D eigenvalue weighted by atomic mass is 35.5. The minimum Gasteiger partial charge on any atom is -0.457 e. The molecule has 4 heteroatoms. The van der Waals surface area contributed by atoms with Crippen molar-refractivity contribution in [2.75, 3.05) is 0 Å². The number of fused-ring (bicyclic) bond motifs is 1. The topological polar surface area (TPSA) is 39.2 Å². The highest BCUT2D eigenvalue weighted by molar-refractivity contribution is 6.30. The summed E-state index contributed by atoms with van der Waals surface area (Å²) < 4.78 is 5.54. The van der Waals surface area contributed by atoms with E-state index in [0.717, 1.165) is 22.0 Å². The number of esters is 1. The molecule has 0 N–H and O–H groups in total. The van der Waals surface area contributed by atoms with Crippen LogP contribution in [0.1, 0.15) is 15.9 Å². The molecular formula is C23H16ClNO2. The lowest BCUT2D eigenvalue weighted by molar-refractivity contribution is 0.0475. The average molecular weight is 374 g/mol. The molecule has 0 saturated carbocycles. The Bertz CT molecular complexity index is 1090. The van der Waals surface area contributed by atoms with Crippen LogP contribution in [0.3, 0.4) is 0 Å². The lowest BCUT2D eigenvalue weighted by Gasteiger charge is -2.10. The maximum atomic E-state index is 12.8. The molecule has 132 valence electrons. The quantitative estimate of drug-likeness (QED) is 0.417. The van der Waals surface area contributed by atoms with Gasteiger partial charge in [0, 0.05) is 16.0 Å². The van der Waals surface area contributed by atoms with Gasteiger partial charge in [-0.15, -0.1) is 0 Å². The molecule has 0 bridgehead atoms. The highest BCUT2D eigenvalue weighted by Crippen LogP contribution is 2.26. The highest BCUT2D eigenvalue weighted by Gasteiger charge is 2.15. The number of para-hydroxylation sites is 1. The zero-order valence-electron chi connectivity index (χ0n) is 14.4. The van der Waals surface area contributed by atoms with E-state index in [1.165, 1.54) is 0 Å². The number of hydrogen-bond acceptors (Lipinski definition) is 3.